The molecule has 0 fully saturated rings. The number of ketones is 3. The van der Waals surface area contributed by atoms with Crippen molar-refractivity contribution in [3.05, 3.63) is 39.9 Å². The van der Waals surface area contributed by atoms with Gasteiger partial charge in [0.2, 0.25) is 5.78 Å². The maximum Gasteiger partial charge on any atom is 0.207 e. The van der Waals surface area contributed by atoms with Crippen molar-refractivity contribution in [2.75, 3.05) is 6.61 Å². The van der Waals surface area contributed by atoms with Crippen LogP contribution in [0.4, 0.5) is 0 Å². The van der Waals surface area contributed by atoms with Crippen LogP contribution < -0.4 is 9.47 Å². The Kier molecular flexibility index (Phi) is 2.78. The van der Waals surface area contributed by atoms with E-state index < -0.39 is 22.7 Å². The molecule has 4 rings (SSSR count). The lowest BCUT2D eigenvalue weighted by molar-refractivity contribution is -0.123. The average molecular weight is 342 g/mol. The van der Waals surface area contributed by atoms with E-state index in [1.807, 2.05) is 0 Å². The summed E-state index contributed by atoms with van der Waals surface area (Å²) in [6.07, 6.45) is 1.18. The van der Waals surface area contributed by atoms with Crippen LogP contribution in [0.2, 0.25) is 0 Å². The lowest BCUT2D eigenvalue weighted by atomic mass is 9.71. The van der Waals surface area contributed by atoms with E-state index >= 15 is 0 Å². The number of phenolic OH excluding ortho intramolecular Hbond substituents is 1. The highest BCUT2D eigenvalue weighted by molar-refractivity contribution is 6.26. The molecule has 1 atom stereocenters. The number of allylic oxidation sites excluding steroid dienone is 3. The van der Waals surface area contributed by atoms with Gasteiger partial charge in [-0.1, -0.05) is 0 Å². The molecule has 1 aliphatic carbocycles. The third-order valence-electron chi connectivity index (χ3n) is 5.00. The number of Topliss-reactive ketones (excluding diaryl/α,β-unsaturated/α-hetero) is 3. The van der Waals surface area contributed by atoms with Gasteiger partial charge in [0.15, 0.2) is 18.2 Å². The summed E-state index contributed by atoms with van der Waals surface area (Å²) in [5.41, 5.74) is -1.26. The average Bonchev–Trinajstić information content (AvgIpc) is 3.04. The van der Waals surface area contributed by atoms with Crippen LogP contribution in [-0.4, -0.2) is 34.2 Å². The van der Waals surface area contributed by atoms with E-state index in [0.717, 1.165) is 0 Å². The lowest BCUT2D eigenvalue weighted by Crippen LogP contribution is -2.38. The first-order valence-corrected chi connectivity index (χ1v) is 7.64. The zero-order valence-corrected chi connectivity index (χ0v) is 13.7. The molecular weight excluding hydrogens is 328 g/mol. The van der Waals surface area contributed by atoms with Crippen LogP contribution in [-0.2, 0) is 15.0 Å². The second-order valence-corrected chi connectivity index (χ2v) is 6.47. The molecule has 0 saturated carbocycles. The minimum atomic E-state index is -1.50. The maximum absolute atomic E-state index is 13.0. The van der Waals surface area contributed by atoms with E-state index in [9.17, 15) is 24.6 Å². The first-order chi connectivity index (χ1) is 11.7. The Bertz CT molecular complexity index is 980. The lowest BCUT2D eigenvalue weighted by Gasteiger charge is -2.27. The van der Waals surface area contributed by atoms with Gasteiger partial charge in [-0.25, -0.2) is 0 Å². The van der Waals surface area contributed by atoms with Crippen molar-refractivity contribution in [2.24, 2.45) is 0 Å². The van der Waals surface area contributed by atoms with Crippen LogP contribution in [0.3, 0.4) is 0 Å². The van der Waals surface area contributed by atoms with E-state index in [-0.39, 0.29) is 52.1 Å². The van der Waals surface area contributed by atoms with Crippen LogP contribution in [0.5, 0.6) is 17.2 Å². The van der Waals surface area contributed by atoms with E-state index in [2.05, 4.69) is 0 Å². The molecular formula is C18H14O7. The molecule has 0 aromatic heterocycles. The summed E-state index contributed by atoms with van der Waals surface area (Å²) in [6, 6.07) is 0. The quantitative estimate of drug-likeness (QED) is 0.749. The van der Waals surface area contributed by atoms with Gasteiger partial charge in [-0.15, -0.1) is 0 Å². The Morgan fingerprint density at radius 3 is 2.56 bits per heavy atom. The van der Waals surface area contributed by atoms with Crippen molar-refractivity contribution in [2.45, 2.75) is 26.2 Å². The summed E-state index contributed by atoms with van der Waals surface area (Å²) in [6.45, 7) is 4.06. The Morgan fingerprint density at radius 2 is 1.92 bits per heavy atom. The Balaban J connectivity index is 2.07. The van der Waals surface area contributed by atoms with E-state index in [1.165, 1.54) is 19.9 Å². The molecule has 0 amide bonds. The standard InChI is InChI=1S/C18H14O7/c1-6-14(22)13-16(12-9(21)5-24-15(6)12)25-10-4-8(20)11(7(2)19)17(23)18(10,13)3/h4,20,22H,5H2,1-3H3/t18-/m1/s1. The van der Waals surface area contributed by atoms with Crippen LogP contribution in [0.25, 0.3) is 0 Å². The monoisotopic (exact) mass is 342 g/mol. The van der Waals surface area contributed by atoms with Gasteiger partial charge in [0.25, 0.3) is 0 Å². The minimum Gasteiger partial charge on any atom is -0.507 e. The van der Waals surface area contributed by atoms with Gasteiger partial charge < -0.3 is 19.7 Å². The molecule has 0 saturated heterocycles. The second kappa shape index (κ2) is 4.50. The zero-order chi connectivity index (χ0) is 18.3. The fourth-order valence-electron chi connectivity index (χ4n) is 3.67. The summed E-state index contributed by atoms with van der Waals surface area (Å²) in [5, 5.41) is 20.7. The topological polar surface area (TPSA) is 110 Å². The third kappa shape index (κ3) is 1.62. The Morgan fingerprint density at radius 1 is 1.24 bits per heavy atom. The van der Waals surface area contributed by atoms with Crippen LogP contribution >= 0.6 is 0 Å². The van der Waals surface area contributed by atoms with Crippen LogP contribution in [0.15, 0.2) is 23.2 Å². The van der Waals surface area contributed by atoms with Gasteiger partial charge in [0, 0.05) is 11.6 Å². The number of hydrogen-bond donors (Lipinski definition) is 2. The first kappa shape index (κ1) is 15.4. The summed E-state index contributed by atoms with van der Waals surface area (Å²) >= 11 is 0. The number of fused-ring (bicyclic) bond motifs is 5. The molecule has 2 aliphatic heterocycles. The maximum atomic E-state index is 13.0. The Labute approximate surface area is 142 Å². The predicted molar refractivity (Wildman–Crippen MR) is 84.1 cm³/mol. The number of aliphatic hydroxyl groups excluding tert-OH is 1. The number of aliphatic hydroxyl groups is 1. The molecule has 2 N–H and O–H groups in total. The molecule has 25 heavy (non-hydrogen) atoms. The second-order valence-electron chi connectivity index (χ2n) is 6.47. The van der Waals surface area contributed by atoms with Crippen LogP contribution in [0.1, 0.15) is 35.3 Å². The smallest absolute Gasteiger partial charge is 0.207 e. The zero-order valence-electron chi connectivity index (χ0n) is 13.7. The first-order valence-electron chi connectivity index (χ1n) is 7.64. The molecule has 0 unspecified atom stereocenters. The number of carbonyl (C=O) groups excluding carboxylic acids is 3. The van der Waals surface area contributed by atoms with Crippen molar-refractivity contribution in [3.8, 4) is 17.2 Å². The van der Waals surface area contributed by atoms with Gasteiger partial charge in [-0.05, 0) is 20.8 Å². The van der Waals surface area contributed by atoms with Gasteiger partial charge in [-0.2, -0.15) is 0 Å². The highest BCUT2D eigenvalue weighted by Gasteiger charge is 2.56. The molecule has 1 aromatic rings. The van der Waals surface area contributed by atoms with Crippen molar-refractivity contribution >= 4 is 17.3 Å². The summed E-state index contributed by atoms with van der Waals surface area (Å²) in [5.74, 6) is -2.01. The minimum absolute atomic E-state index is 0.0419. The highest BCUT2D eigenvalue weighted by atomic mass is 16.5. The molecule has 7 nitrogen and oxygen atoms in total. The number of hydrogen-bond acceptors (Lipinski definition) is 7. The van der Waals surface area contributed by atoms with Crippen molar-refractivity contribution in [3.63, 3.8) is 0 Å². The van der Waals surface area contributed by atoms with E-state index in [1.54, 1.807) is 6.92 Å². The van der Waals surface area contributed by atoms with Gasteiger partial charge in [0.05, 0.1) is 5.56 Å². The van der Waals surface area contributed by atoms with E-state index in [4.69, 9.17) is 9.47 Å². The van der Waals surface area contributed by atoms with Gasteiger partial charge >= 0.3 is 0 Å². The number of carbonyl (C=O) groups is 3. The SMILES string of the molecule is CC(=O)C1=C(O)C=C2Oc3c4c(c(C)c(O)c3[C@]2(C)C1=O)OCC4=O. The summed E-state index contributed by atoms with van der Waals surface area (Å²) in [4.78, 5) is 37.0. The summed E-state index contributed by atoms with van der Waals surface area (Å²) < 4.78 is 11.0. The van der Waals surface area contributed by atoms with Crippen LogP contribution in [0, 0.1) is 6.92 Å². The molecule has 0 radical (unpaired) electrons. The fraction of sp³-hybridized carbons (Fsp3) is 0.278. The number of ether oxygens (including phenoxy) is 2. The molecule has 1 aromatic carbocycles. The highest BCUT2D eigenvalue weighted by Crippen LogP contribution is 2.58. The molecule has 0 spiro atoms. The third-order valence-corrected chi connectivity index (χ3v) is 5.00. The van der Waals surface area contributed by atoms with Gasteiger partial charge in [-0.3, -0.25) is 14.4 Å². The van der Waals surface area contributed by atoms with Gasteiger partial charge in [0.1, 0.15) is 45.3 Å². The largest absolute Gasteiger partial charge is 0.507 e. The van der Waals surface area contributed by atoms with E-state index in [0.29, 0.717) is 5.56 Å². The number of benzene rings is 1. The van der Waals surface area contributed by atoms with Crippen molar-refractivity contribution < 1.29 is 34.1 Å². The fourth-order valence-corrected chi connectivity index (χ4v) is 3.67. The van der Waals surface area contributed by atoms with Crippen molar-refractivity contribution in [1.82, 2.24) is 0 Å². The molecule has 128 valence electrons. The molecule has 7 heteroatoms. The molecule has 3 aliphatic rings. The van der Waals surface area contributed by atoms with Crippen molar-refractivity contribution in [1.29, 1.82) is 0 Å². The number of rotatable bonds is 1. The summed E-state index contributed by atoms with van der Waals surface area (Å²) in [7, 11) is 0. The number of phenols is 1. The number of aromatic hydroxyl groups is 1. The Hall–Kier alpha value is -3.09. The molecule has 0 bridgehead atoms. The predicted octanol–water partition coefficient (Wildman–Crippen LogP) is 1.79. The molecule has 2 heterocycles. The normalized spacial score (nSPS) is 23.6.